The van der Waals surface area contributed by atoms with Crippen molar-refractivity contribution in [1.82, 2.24) is 0 Å². The number of thioether (sulfide) groups is 1. The van der Waals surface area contributed by atoms with Gasteiger partial charge in [0.25, 0.3) is 5.91 Å². The highest BCUT2D eigenvalue weighted by Crippen LogP contribution is 2.38. The molecule has 1 aromatic heterocycles. The van der Waals surface area contributed by atoms with Crippen molar-refractivity contribution in [1.29, 1.82) is 0 Å². The number of unbranched alkanes of at least 4 members (excludes halogenated alkanes) is 1. The van der Waals surface area contributed by atoms with Gasteiger partial charge in [-0.15, -0.1) is 0 Å². The van der Waals surface area contributed by atoms with Gasteiger partial charge < -0.3 is 9.15 Å². The Labute approximate surface area is 214 Å². The molecule has 1 saturated heterocycles. The zero-order valence-corrected chi connectivity index (χ0v) is 20.6. The fourth-order valence-electron chi connectivity index (χ4n) is 3.39. The molecule has 0 radical (unpaired) electrons. The van der Waals surface area contributed by atoms with Crippen molar-refractivity contribution in [2.75, 3.05) is 11.5 Å². The van der Waals surface area contributed by atoms with Crippen LogP contribution in [-0.4, -0.2) is 22.8 Å². The Morgan fingerprint density at radius 1 is 1.14 bits per heavy atom. The number of carbonyl (C=O) groups excluding carboxylic acids is 2. The molecular weight excluding hydrogens is 511 g/mol. The predicted molar refractivity (Wildman–Crippen MR) is 136 cm³/mol. The Kier molecular flexibility index (Phi) is 7.65. The van der Waals surface area contributed by atoms with Crippen LogP contribution in [0.15, 0.2) is 70.0 Å². The van der Waals surface area contributed by atoms with Crippen molar-refractivity contribution in [2.24, 2.45) is 0 Å². The van der Waals surface area contributed by atoms with Gasteiger partial charge in [0.1, 0.15) is 11.5 Å². The Morgan fingerprint density at radius 3 is 2.58 bits per heavy atom. The molecule has 1 aliphatic heterocycles. The molecule has 0 atom stereocenters. The summed E-state index contributed by atoms with van der Waals surface area (Å²) in [5.41, 5.74) is 0.328. The molecular formula is C26H20F3NO4S2. The second-order valence-electron chi connectivity index (χ2n) is 7.83. The van der Waals surface area contributed by atoms with Crippen LogP contribution in [0.1, 0.15) is 41.4 Å². The fourth-order valence-corrected chi connectivity index (χ4v) is 4.67. The average Bonchev–Trinajstić information content (AvgIpc) is 3.43. The molecule has 1 amide bonds. The maximum absolute atomic E-state index is 13.1. The molecule has 2 aromatic carbocycles. The van der Waals surface area contributed by atoms with E-state index < -0.39 is 23.6 Å². The van der Waals surface area contributed by atoms with Crippen LogP contribution in [0.4, 0.5) is 18.9 Å². The van der Waals surface area contributed by atoms with E-state index in [1.165, 1.54) is 18.2 Å². The van der Waals surface area contributed by atoms with Crippen molar-refractivity contribution in [2.45, 2.75) is 25.9 Å². The topological polar surface area (TPSA) is 59.8 Å². The maximum Gasteiger partial charge on any atom is 0.416 e. The largest absolute Gasteiger partial charge is 0.462 e. The van der Waals surface area contributed by atoms with E-state index in [0.29, 0.717) is 23.7 Å². The SMILES string of the molecule is CCCCOC(=O)c1ccc(-c2ccc(C=C3SC(=S)N(c4cccc(C(F)(F)F)c4)C3=O)o2)cc1. The van der Waals surface area contributed by atoms with Gasteiger partial charge in [0.15, 0.2) is 4.32 Å². The van der Waals surface area contributed by atoms with Gasteiger partial charge in [0, 0.05) is 11.6 Å². The number of thiocarbonyl (C=S) groups is 1. The van der Waals surface area contributed by atoms with E-state index in [0.717, 1.165) is 47.2 Å². The lowest BCUT2D eigenvalue weighted by atomic mass is 10.1. The van der Waals surface area contributed by atoms with Crippen molar-refractivity contribution in [3.8, 4) is 11.3 Å². The summed E-state index contributed by atoms with van der Waals surface area (Å²) in [5.74, 6) is -0.0377. The van der Waals surface area contributed by atoms with E-state index in [1.54, 1.807) is 36.4 Å². The lowest BCUT2D eigenvalue weighted by Gasteiger charge is -2.16. The molecule has 10 heteroatoms. The lowest BCUT2D eigenvalue weighted by Crippen LogP contribution is -2.27. The first-order valence-electron chi connectivity index (χ1n) is 11.0. The van der Waals surface area contributed by atoms with Crippen molar-refractivity contribution in [3.05, 3.63) is 82.5 Å². The van der Waals surface area contributed by atoms with Gasteiger partial charge in [-0.1, -0.05) is 55.5 Å². The van der Waals surface area contributed by atoms with Crippen molar-refractivity contribution < 1.29 is 31.9 Å². The third kappa shape index (κ3) is 5.71. The first kappa shape index (κ1) is 25.7. The summed E-state index contributed by atoms with van der Waals surface area (Å²) in [4.78, 5) is 26.3. The highest BCUT2D eigenvalue weighted by Gasteiger charge is 2.36. The first-order chi connectivity index (χ1) is 17.2. The molecule has 0 aliphatic carbocycles. The number of furan rings is 1. The zero-order chi connectivity index (χ0) is 25.9. The molecule has 0 spiro atoms. The highest BCUT2D eigenvalue weighted by molar-refractivity contribution is 8.27. The number of hydrogen-bond donors (Lipinski definition) is 0. The first-order valence-corrected chi connectivity index (χ1v) is 12.2. The number of anilines is 1. The predicted octanol–water partition coefficient (Wildman–Crippen LogP) is 7.33. The number of benzene rings is 2. The molecule has 1 fully saturated rings. The molecule has 36 heavy (non-hydrogen) atoms. The van der Waals surface area contributed by atoms with Gasteiger partial charge in [-0.2, -0.15) is 13.2 Å². The Morgan fingerprint density at radius 2 is 1.89 bits per heavy atom. The number of carbonyl (C=O) groups is 2. The van der Waals surface area contributed by atoms with E-state index in [1.807, 2.05) is 6.92 Å². The van der Waals surface area contributed by atoms with Gasteiger partial charge in [-0.05, 0) is 48.9 Å². The number of ether oxygens (including phenoxy) is 1. The summed E-state index contributed by atoms with van der Waals surface area (Å²) in [5, 5.41) is 0. The van der Waals surface area contributed by atoms with Gasteiger partial charge in [-0.25, -0.2) is 4.79 Å². The zero-order valence-electron chi connectivity index (χ0n) is 19.0. The number of rotatable bonds is 7. The van der Waals surface area contributed by atoms with Gasteiger partial charge in [-0.3, -0.25) is 9.69 Å². The van der Waals surface area contributed by atoms with E-state index >= 15 is 0 Å². The smallest absolute Gasteiger partial charge is 0.416 e. The summed E-state index contributed by atoms with van der Waals surface area (Å²) in [6.07, 6.45) is -1.31. The van der Waals surface area contributed by atoms with Crippen LogP contribution in [0.3, 0.4) is 0 Å². The molecule has 1 aliphatic rings. The minimum Gasteiger partial charge on any atom is -0.462 e. The van der Waals surface area contributed by atoms with Crippen LogP contribution in [-0.2, 0) is 15.7 Å². The number of hydrogen-bond acceptors (Lipinski definition) is 6. The Hall–Kier alpha value is -3.37. The standard InChI is InChI=1S/C26H20F3NO4S2/c1-2-3-13-33-24(32)17-9-7-16(8-10-17)21-12-11-20(34-21)15-22-23(31)30(25(35)36-22)19-6-4-5-18(14-19)26(27,28)29/h4-12,14-15H,2-3,13H2,1H3. The second-order valence-corrected chi connectivity index (χ2v) is 9.51. The second kappa shape index (κ2) is 10.7. The lowest BCUT2D eigenvalue weighted by molar-refractivity contribution is -0.137. The number of alkyl halides is 3. The van der Waals surface area contributed by atoms with E-state index in [-0.39, 0.29) is 14.9 Å². The van der Waals surface area contributed by atoms with Crippen molar-refractivity contribution >= 4 is 51.9 Å². The van der Waals surface area contributed by atoms with Crippen LogP contribution in [0.25, 0.3) is 17.4 Å². The fraction of sp³-hybridized carbons (Fsp3) is 0.192. The van der Waals surface area contributed by atoms with Crippen LogP contribution < -0.4 is 4.90 Å². The Balaban J connectivity index is 1.49. The molecule has 0 N–H and O–H groups in total. The number of amides is 1. The third-order valence-electron chi connectivity index (χ3n) is 5.26. The van der Waals surface area contributed by atoms with Gasteiger partial charge in [0.2, 0.25) is 0 Å². The van der Waals surface area contributed by atoms with E-state index in [2.05, 4.69) is 0 Å². The molecule has 2 heterocycles. The third-order valence-corrected chi connectivity index (χ3v) is 6.56. The molecule has 0 unspecified atom stereocenters. The number of nitrogens with zero attached hydrogens (tertiary/aromatic N) is 1. The van der Waals surface area contributed by atoms with Crippen LogP contribution in [0, 0.1) is 0 Å². The van der Waals surface area contributed by atoms with Crippen LogP contribution in [0.5, 0.6) is 0 Å². The van der Waals surface area contributed by atoms with E-state index in [9.17, 15) is 22.8 Å². The molecule has 0 saturated carbocycles. The van der Waals surface area contributed by atoms with Crippen LogP contribution >= 0.6 is 24.0 Å². The monoisotopic (exact) mass is 531 g/mol. The highest BCUT2D eigenvalue weighted by atomic mass is 32.2. The average molecular weight is 532 g/mol. The van der Waals surface area contributed by atoms with Gasteiger partial charge >= 0.3 is 12.1 Å². The minimum absolute atomic E-state index is 0.0455. The van der Waals surface area contributed by atoms with Gasteiger partial charge in [0.05, 0.1) is 28.3 Å². The summed E-state index contributed by atoms with van der Waals surface area (Å²) < 4.78 is 50.4. The molecule has 0 bridgehead atoms. The van der Waals surface area contributed by atoms with Crippen molar-refractivity contribution in [3.63, 3.8) is 0 Å². The normalized spacial score (nSPS) is 15.1. The summed E-state index contributed by atoms with van der Waals surface area (Å²) in [6, 6.07) is 14.6. The quantitative estimate of drug-likeness (QED) is 0.138. The molecule has 3 aromatic rings. The molecule has 4 rings (SSSR count). The van der Waals surface area contributed by atoms with Crippen LogP contribution in [0.2, 0.25) is 0 Å². The summed E-state index contributed by atoms with van der Waals surface area (Å²) in [6.45, 7) is 2.39. The number of esters is 1. The molecule has 5 nitrogen and oxygen atoms in total. The minimum atomic E-state index is -4.54. The molecule has 186 valence electrons. The number of halogens is 3. The summed E-state index contributed by atoms with van der Waals surface area (Å²) in [7, 11) is 0. The van der Waals surface area contributed by atoms with E-state index in [4.69, 9.17) is 21.4 Å². The maximum atomic E-state index is 13.1. The Bertz CT molecular complexity index is 1330. The summed E-state index contributed by atoms with van der Waals surface area (Å²) >= 11 is 6.23.